The fourth-order valence-corrected chi connectivity index (χ4v) is 2.98. The van der Waals surface area contributed by atoms with Crippen molar-refractivity contribution < 1.29 is 14.6 Å². The van der Waals surface area contributed by atoms with Gasteiger partial charge in [-0.3, -0.25) is 9.88 Å². The third kappa shape index (κ3) is 2.30. The van der Waals surface area contributed by atoms with Crippen molar-refractivity contribution in [2.24, 2.45) is 5.92 Å². The summed E-state index contributed by atoms with van der Waals surface area (Å²) in [5.41, 5.74) is 0.423. The number of amides is 1. The monoisotopic (exact) mass is 262 g/mol. The number of aliphatic hydroxyl groups is 1. The van der Waals surface area contributed by atoms with E-state index >= 15 is 0 Å². The molecule has 2 aliphatic rings. The van der Waals surface area contributed by atoms with Gasteiger partial charge >= 0.3 is 6.09 Å². The van der Waals surface area contributed by atoms with Gasteiger partial charge in [0, 0.05) is 12.8 Å². The minimum atomic E-state index is -0.363. The maximum Gasteiger partial charge on any atom is 0.415 e. The smallest absolute Gasteiger partial charge is 0.415 e. The van der Waals surface area contributed by atoms with Gasteiger partial charge < -0.3 is 9.84 Å². The number of rotatable bonds is 2. The van der Waals surface area contributed by atoms with Gasteiger partial charge in [-0.1, -0.05) is 0 Å². The molecule has 1 aliphatic carbocycles. The molecule has 3 rings (SSSR count). The van der Waals surface area contributed by atoms with Gasteiger partial charge in [0.25, 0.3) is 0 Å². The zero-order valence-electron chi connectivity index (χ0n) is 10.8. The van der Waals surface area contributed by atoms with Crippen LogP contribution in [0.1, 0.15) is 25.7 Å². The van der Waals surface area contributed by atoms with E-state index in [0.717, 1.165) is 31.4 Å². The van der Waals surface area contributed by atoms with Crippen LogP contribution in [0.4, 0.5) is 10.5 Å². The third-order valence-corrected chi connectivity index (χ3v) is 4.20. The Labute approximate surface area is 112 Å². The van der Waals surface area contributed by atoms with E-state index in [9.17, 15) is 9.90 Å². The SMILES string of the molecule is O=C1O[C@]2(CC[C@@H](CO)CC2)CN1c1cccnc1. The van der Waals surface area contributed by atoms with E-state index in [1.807, 2.05) is 12.1 Å². The quantitative estimate of drug-likeness (QED) is 0.885. The molecule has 1 amide bonds. The van der Waals surface area contributed by atoms with E-state index in [-0.39, 0.29) is 18.3 Å². The molecular weight excluding hydrogens is 244 g/mol. The van der Waals surface area contributed by atoms with Gasteiger partial charge in [0.1, 0.15) is 5.60 Å². The minimum Gasteiger partial charge on any atom is -0.441 e. The molecule has 102 valence electrons. The number of carbonyl (C=O) groups is 1. The Morgan fingerprint density at radius 1 is 1.47 bits per heavy atom. The number of hydrogen-bond donors (Lipinski definition) is 1. The number of hydrogen-bond acceptors (Lipinski definition) is 4. The molecule has 0 radical (unpaired) electrons. The second-order valence-corrected chi connectivity index (χ2v) is 5.47. The average Bonchev–Trinajstić information content (AvgIpc) is 2.77. The minimum absolute atomic E-state index is 0.232. The summed E-state index contributed by atoms with van der Waals surface area (Å²) in [6.07, 6.45) is 6.60. The van der Waals surface area contributed by atoms with Crippen molar-refractivity contribution in [2.75, 3.05) is 18.1 Å². The standard InChI is InChI=1S/C14H18N2O3/c17-9-11-3-5-14(6-4-11)10-16(13(18)19-14)12-2-1-7-15-8-12/h1-2,7-8,11,17H,3-6,9-10H2/t11-,14+. The van der Waals surface area contributed by atoms with E-state index in [4.69, 9.17) is 4.74 Å². The topological polar surface area (TPSA) is 62.7 Å². The van der Waals surface area contributed by atoms with Crippen LogP contribution in [0.25, 0.3) is 0 Å². The molecule has 1 spiro atoms. The summed E-state index contributed by atoms with van der Waals surface area (Å²) in [4.78, 5) is 17.7. The zero-order chi connectivity index (χ0) is 13.3. The number of nitrogens with zero attached hydrogens (tertiary/aromatic N) is 2. The van der Waals surface area contributed by atoms with E-state index in [2.05, 4.69) is 4.98 Å². The second kappa shape index (κ2) is 4.81. The van der Waals surface area contributed by atoms with Crippen LogP contribution in [-0.4, -0.2) is 34.9 Å². The molecule has 1 aromatic heterocycles. The predicted molar refractivity (Wildman–Crippen MR) is 69.8 cm³/mol. The van der Waals surface area contributed by atoms with Crippen LogP contribution in [0, 0.1) is 5.92 Å². The maximum absolute atomic E-state index is 12.0. The highest BCUT2D eigenvalue weighted by Crippen LogP contribution is 2.40. The average molecular weight is 262 g/mol. The summed E-state index contributed by atoms with van der Waals surface area (Å²) >= 11 is 0. The Hall–Kier alpha value is -1.62. The molecule has 2 fully saturated rings. The molecule has 5 heteroatoms. The fraction of sp³-hybridized carbons (Fsp3) is 0.571. The maximum atomic E-state index is 12.0. The molecule has 0 aromatic carbocycles. The van der Waals surface area contributed by atoms with Crippen LogP contribution >= 0.6 is 0 Å². The van der Waals surface area contributed by atoms with Crippen molar-refractivity contribution in [2.45, 2.75) is 31.3 Å². The fourth-order valence-electron chi connectivity index (χ4n) is 2.98. The lowest BCUT2D eigenvalue weighted by Gasteiger charge is -2.34. The Balaban J connectivity index is 1.74. The lowest BCUT2D eigenvalue weighted by molar-refractivity contribution is 0.00558. The van der Waals surface area contributed by atoms with Crippen molar-refractivity contribution in [3.8, 4) is 0 Å². The van der Waals surface area contributed by atoms with Crippen LogP contribution in [0.15, 0.2) is 24.5 Å². The highest BCUT2D eigenvalue weighted by Gasteiger charge is 2.47. The molecule has 1 aliphatic heterocycles. The van der Waals surface area contributed by atoms with Gasteiger partial charge in [0.15, 0.2) is 0 Å². The first-order valence-electron chi connectivity index (χ1n) is 6.74. The van der Waals surface area contributed by atoms with Crippen molar-refractivity contribution in [1.82, 2.24) is 4.98 Å². The van der Waals surface area contributed by atoms with Crippen molar-refractivity contribution in [1.29, 1.82) is 0 Å². The van der Waals surface area contributed by atoms with Crippen LogP contribution in [-0.2, 0) is 4.74 Å². The number of ether oxygens (including phenoxy) is 1. The molecular formula is C14H18N2O3. The first-order valence-corrected chi connectivity index (χ1v) is 6.74. The molecule has 1 saturated carbocycles. The molecule has 19 heavy (non-hydrogen) atoms. The van der Waals surface area contributed by atoms with Gasteiger partial charge in [0.05, 0.1) is 18.4 Å². The number of anilines is 1. The van der Waals surface area contributed by atoms with Crippen LogP contribution < -0.4 is 4.90 Å². The summed E-state index contributed by atoms with van der Waals surface area (Å²) < 4.78 is 5.63. The van der Waals surface area contributed by atoms with E-state index < -0.39 is 0 Å². The first kappa shape index (κ1) is 12.4. The highest BCUT2D eigenvalue weighted by molar-refractivity contribution is 5.90. The van der Waals surface area contributed by atoms with E-state index in [1.54, 1.807) is 17.3 Å². The Kier molecular flexibility index (Phi) is 3.14. The molecule has 2 heterocycles. The summed E-state index contributed by atoms with van der Waals surface area (Å²) in [7, 11) is 0. The van der Waals surface area contributed by atoms with Crippen molar-refractivity contribution in [3.05, 3.63) is 24.5 Å². The van der Waals surface area contributed by atoms with Gasteiger partial charge in [0.2, 0.25) is 0 Å². The Morgan fingerprint density at radius 2 is 2.26 bits per heavy atom. The van der Waals surface area contributed by atoms with Gasteiger partial charge in [-0.05, 0) is 43.7 Å². The van der Waals surface area contributed by atoms with E-state index in [1.165, 1.54) is 0 Å². The lowest BCUT2D eigenvalue weighted by atomic mass is 9.79. The van der Waals surface area contributed by atoms with Gasteiger partial charge in [-0.2, -0.15) is 0 Å². The molecule has 5 nitrogen and oxygen atoms in total. The Bertz CT molecular complexity index is 455. The zero-order valence-corrected chi connectivity index (χ0v) is 10.8. The molecule has 0 unspecified atom stereocenters. The molecule has 0 bridgehead atoms. The van der Waals surface area contributed by atoms with Gasteiger partial charge in [-0.15, -0.1) is 0 Å². The third-order valence-electron chi connectivity index (χ3n) is 4.20. The number of carbonyl (C=O) groups excluding carboxylic acids is 1. The summed E-state index contributed by atoms with van der Waals surface area (Å²) in [6.45, 7) is 0.825. The molecule has 1 aromatic rings. The molecule has 1 saturated heterocycles. The Morgan fingerprint density at radius 3 is 2.89 bits per heavy atom. The number of aromatic nitrogens is 1. The number of aliphatic hydroxyl groups excluding tert-OH is 1. The van der Waals surface area contributed by atoms with Crippen LogP contribution in [0.5, 0.6) is 0 Å². The summed E-state index contributed by atoms with van der Waals surface area (Å²) in [5, 5.41) is 9.18. The summed E-state index contributed by atoms with van der Waals surface area (Å²) in [6, 6.07) is 3.68. The van der Waals surface area contributed by atoms with Crippen LogP contribution in [0.2, 0.25) is 0 Å². The van der Waals surface area contributed by atoms with E-state index in [0.29, 0.717) is 12.5 Å². The molecule has 0 atom stereocenters. The van der Waals surface area contributed by atoms with Crippen LogP contribution in [0.3, 0.4) is 0 Å². The van der Waals surface area contributed by atoms with Crippen molar-refractivity contribution in [3.63, 3.8) is 0 Å². The van der Waals surface area contributed by atoms with Crippen molar-refractivity contribution >= 4 is 11.8 Å². The molecule has 1 N–H and O–H groups in total. The normalized spacial score (nSPS) is 30.7. The second-order valence-electron chi connectivity index (χ2n) is 5.47. The predicted octanol–water partition coefficient (Wildman–Crippen LogP) is 1.96. The number of pyridine rings is 1. The summed E-state index contributed by atoms with van der Waals surface area (Å²) in [5.74, 6) is 0.358. The largest absolute Gasteiger partial charge is 0.441 e. The highest BCUT2D eigenvalue weighted by atomic mass is 16.6. The first-order chi connectivity index (χ1) is 9.22. The van der Waals surface area contributed by atoms with Gasteiger partial charge in [-0.25, -0.2) is 4.79 Å². The lowest BCUT2D eigenvalue weighted by Crippen LogP contribution is -2.39.